The monoisotopic (exact) mass is 884 g/mol. The van der Waals surface area contributed by atoms with Crippen molar-refractivity contribution in [1.82, 2.24) is 28.2 Å². The van der Waals surface area contributed by atoms with Crippen molar-refractivity contribution in [2.45, 2.75) is 37.8 Å². The van der Waals surface area contributed by atoms with E-state index in [-0.39, 0.29) is 26.7 Å². The molecule has 5 aromatic carbocycles. The van der Waals surface area contributed by atoms with Gasteiger partial charge in [-0.15, -0.1) is 0 Å². The lowest BCUT2D eigenvalue weighted by molar-refractivity contribution is 0.139. The van der Waals surface area contributed by atoms with Gasteiger partial charge in [-0.1, -0.05) is 91.3 Å². The summed E-state index contributed by atoms with van der Waals surface area (Å²) in [5, 5.41) is 25.6. The molecule has 11 nitrogen and oxygen atoms in total. The number of rotatable bonds is 11. The Bertz CT molecular complexity index is 3040. The van der Waals surface area contributed by atoms with Crippen LogP contribution in [0.2, 0.25) is 0 Å². The van der Waals surface area contributed by atoms with E-state index in [1.54, 1.807) is 123 Å². The van der Waals surface area contributed by atoms with Crippen molar-refractivity contribution in [2.24, 2.45) is 0 Å². The van der Waals surface area contributed by atoms with E-state index < -0.39 is 28.8 Å². The lowest BCUT2D eigenvalue weighted by atomic mass is 9.85. The molecule has 4 heterocycles. The minimum Gasteiger partial charge on any atom is -0.496 e. The van der Waals surface area contributed by atoms with E-state index in [4.69, 9.17) is 29.2 Å². The van der Waals surface area contributed by atoms with Crippen LogP contribution in [-0.4, -0.2) is 52.0 Å². The molecular weight excluding hydrogens is 841 g/mol. The molecule has 0 unspecified atom stereocenters. The van der Waals surface area contributed by atoms with Crippen molar-refractivity contribution in [2.75, 3.05) is 13.7 Å². The van der Waals surface area contributed by atoms with Gasteiger partial charge in [-0.3, -0.25) is 37.7 Å². The molecule has 1 fully saturated rings. The van der Waals surface area contributed by atoms with Crippen molar-refractivity contribution in [1.29, 1.82) is 0 Å². The summed E-state index contributed by atoms with van der Waals surface area (Å²) in [4.78, 5) is 38.0. The highest BCUT2D eigenvalue weighted by Crippen LogP contribution is 2.42. The molecule has 1 saturated heterocycles. The van der Waals surface area contributed by atoms with Crippen LogP contribution in [0.1, 0.15) is 59.0 Å². The average Bonchev–Trinajstić information content (AvgIpc) is 3.33. The first-order chi connectivity index (χ1) is 31.3. The van der Waals surface area contributed by atoms with Crippen LogP contribution in [0.25, 0.3) is 22.7 Å². The van der Waals surface area contributed by atoms with Crippen molar-refractivity contribution in [3.8, 4) is 40.3 Å². The fourth-order valence-electron chi connectivity index (χ4n) is 8.89. The minimum absolute atomic E-state index is 0.00413. The first-order valence-electron chi connectivity index (χ1n) is 21.0. The summed E-state index contributed by atoms with van der Waals surface area (Å²) in [6, 6.07) is 45.4. The quantitative estimate of drug-likeness (QED) is 0.122. The summed E-state index contributed by atoms with van der Waals surface area (Å²) in [6.45, 7) is 1.27. The zero-order chi connectivity index (χ0) is 44.3. The van der Waals surface area contributed by atoms with Crippen LogP contribution >= 0.6 is 24.4 Å². The molecule has 1 aliphatic rings. The van der Waals surface area contributed by atoms with Gasteiger partial charge in [0, 0.05) is 30.5 Å². The molecule has 0 bridgehead atoms. The zero-order valence-electron chi connectivity index (χ0n) is 34.9. The first-order valence-corrected chi connectivity index (χ1v) is 21.8. The van der Waals surface area contributed by atoms with Gasteiger partial charge >= 0.3 is 0 Å². The molecule has 13 heteroatoms. The molecule has 3 aromatic heterocycles. The third kappa shape index (κ3) is 7.78. The van der Waals surface area contributed by atoms with Crippen molar-refractivity contribution in [3.05, 3.63) is 222 Å². The van der Waals surface area contributed by atoms with Gasteiger partial charge in [0.2, 0.25) is 11.8 Å². The molecule has 9 rings (SSSR count). The Morgan fingerprint density at radius 3 is 1.58 bits per heavy atom. The third-order valence-electron chi connectivity index (χ3n) is 11.9. The summed E-state index contributed by atoms with van der Waals surface area (Å²) in [5.41, 5.74) is 2.37. The minimum atomic E-state index is -1.42. The first kappa shape index (κ1) is 42.1. The largest absolute Gasteiger partial charge is 0.496 e. The number of benzene rings is 5. The molecule has 320 valence electrons. The summed E-state index contributed by atoms with van der Waals surface area (Å²) in [7, 11) is 1.61. The molecule has 2 N–H and O–H groups in total. The third-order valence-corrected chi connectivity index (χ3v) is 12.6. The van der Waals surface area contributed by atoms with Crippen molar-refractivity contribution < 1.29 is 14.9 Å². The van der Waals surface area contributed by atoms with Crippen LogP contribution in [-0.2, 0) is 6.54 Å². The standard InChI is InChI=1S/C51H44N6O5S2/c1-62-42-28-27-34(31-36(42)33-53-30-15-14-26-41(53)35-17-16-29-52-32-35)43(44-46(58)54(37-18-6-2-7-19-37)50(63)55(47(44)59)38-20-8-3-9-21-38)45-48(60)56(39-22-10-4-11-23-39)51(64)57(49(45)61)40-24-12-5-13-25-40/h2-13,16-25,27-29,31-32,41,43,58,60H,14-15,26,30,33H2,1H3/t41-/m0/s1. The fraction of sp³-hybridized carbons (Fsp3) is 0.157. The van der Waals surface area contributed by atoms with Gasteiger partial charge in [0.15, 0.2) is 9.54 Å². The predicted octanol–water partition coefficient (Wildman–Crippen LogP) is 9.75. The number of nitrogens with zero attached hydrogens (tertiary/aromatic N) is 6. The number of pyridine rings is 1. The van der Waals surface area contributed by atoms with Crippen LogP contribution in [0, 0.1) is 9.54 Å². The molecule has 1 aliphatic heterocycles. The SMILES string of the molecule is COc1ccc(C(c2c(O)n(-c3ccccc3)c(=S)n(-c3ccccc3)c2=O)c2c(O)n(-c3ccccc3)c(=S)n(-c3ccccc3)c2=O)cc1CN1CCCC[C@H]1c1cccnc1. The summed E-state index contributed by atoms with van der Waals surface area (Å²) in [6.07, 6.45) is 6.68. The van der Waals surface area contributed by atoms with E-state index in [2.05, 4.69) is 16.0 Å². The molecule has 8 aromatic rings. The normalized spacial score (nSPS) is 14.1. The molecule has 0 saturated carbocycles. The summed E-state index contributed by atoms with van der Waals surface area (Å²) < 4.78 is 11.5. The van der Waals surface area contributed by atoms with E-state index in [0.717, 1.165) is 36.9 Å². The Kier molecular flexibility index (Phi) is 12.0. The number of likely N-dealkylation sites (tertiary alicyclic amines) is 1. The Morgan fingerprint density at radius 1 is 0.641 bits per heavy atom. The number of aromatic nitrogens is 5. The maximum atomic E-state index is 15.6. The van der Waals surface area contributed by atoms with E-state index in [9.17, 15) is 10.2 Å². The van der Waals surface area contributed by atoms with Crippen LogP contribution in [0.15, 0.2) is 174 Å². The predicted molar refractivity (Wildman–Crippen MR) is 253 cm³/mol. The molecule has 0 radical (unpaired) electrons. The van der Waals surface area contributed by atoms with E-state index in [1.807, 2.05) is 42.6 Å². The van der Waals surface area contributed by atoms with Crippen LogP contribution < -0.4 is 15.9 Å². The van der Waals surface area contributed by atoms with Gasteiger partial charge < -0.3 is 14.9 Å². The molecular formula is C51H44N6O5S2. The number of ether oxygens (including phenoxy) is 1. The highest BCUT2D eigenvalue weighted by molar-refractivity contribution is 7.71. The maximum absolute atomic E-state index is 15.6. The second-order valence-electron chi connectivity index (χ2n) is 15.6. The highest BCUT2D eigenvalue weighted by atomic mass is 32.1. The van der Waals surface area contributed by atoms with Crippen LogP contribution in [0.5, 0.6) is 17.5 Å². The number of hydrogen-bond acceptors (Lipinski definition) is 9. The molecule has 0 aliphatic carbocycles. The van der Waals surface area contributed by atoms with Crippen molar-refractivity contribution in [3.63, 3.8) is 0 Å². The fourth-order valence-corrected chi connectivity index (χ4v) is 9.65. The van der Waals surface area contributed by atoms with Gasteiger partial charge in [0.1, 0.15) is 5.75 Å². The van der Waals surface area contributed by atoms with Gasteiger partial charge in [0.25, 0.3) is 11.1 Å². The van der Waals surface area contributed by atoms with E-state index in [1.165, 1.54) is 18.3 Å². The molecule has 0 amide bonds. The number of hydrogen-bond donors (Lipinski definition) is 2. The van der Waals surface area contributed by atoms with Crippen molar-refractivity contribution >= 4 is 24.4 Å². The number of methoxy groups -OCH3 is 1. The molecule has 1 atom stereocenters. The second kappa shape index (κ2) is 18.3. The topological polar surface area (TPSA) is 120 Å². The summed E-state index contributed by atoms with van der Waals surface area (Å²) in [5.74, 6) is -1.82. The van der Waals surface area contributed by atoms with Gasteiger partial charge in [-0.05, 0) is 122 Å². The van der Waals surface area contributed by atoms with E-state index >= 15 is 9.59 Å². The molecule has 0 spiro atoms. The maximum Gasteiger partial charge on any atom is 0.266 e. The number of piperidine rings is 1. The number of aromatic hydroxyl groups is 2. The highest BCUT2D eigenvalue weighted by Gasteiger charge is 2.36. The zero-order valence-corrected chi connectivity index (χ0v) is 36.5. The lowest BCUT2D eigenvalue weighted by Gasteiger charge is -2.36. The smallest absolute Gasteiger partial charge is 0.266 e. The second-order valence-corrected chi connectivity index (χ2v) is 16.3. The van der Waals surface area contributed by atoms with Gasteiger partial charge in [-0.2, -0.15) is 0 Å². The Balaban J connectivity index is 1.39. The Morgan fingerprint density at radius 2 is 1.12 bits per heavy atom. The van der Waals surface area contributed by atoms with E-state index in [0.29, 0.717) is 40.6 Å². The Labute approximate surface area is 379 Å². The summed E-state index contributed by atoms with van der Waals surface area (Å²) >= 11 is 12.1. The van der Waals surface area contributed by atoms with Gasteiger partial charge in [-0.25, -0.2) is 0 Å². The average molecular weight is 885 g/mol. The van der Waals surface area contributed by atoms with Gasteiger partial charge in [0.05, 0.1) is 46.9 Å². The lowest BCUT2D eigenvalue weighted by Crippen LogP contribution is -2.34. The van der Waals surface area contributed by atoms with Crippen LogP contribution in [0.3, 0.4) is 0 Å². The van der Waals surface area contributed by atoms with Crippen LogP contribution in [0.4, 0.5) is 0 Å². The number of para-hydroxylation sites is 4. The Hall–Kier alpha value is -7.19. The molecule has 64 heavy (non-hydrogen) atoms.